The first-order valence-corrected chi connectivity index (χ1v) is 11.4. The third-order valence-corrected chi connectivity index (χ3v) is 7.64. The van der Waals surface area contributed by atoms with Gasteiger partial charge in [0.25, 0.3) is 0 Å². The summed E-state index contributed by atoms with van der Waals surface area (Å²) in [7, 11) is -3.46. The molecule has 3 aromatic rings. The van der Waals surface area contributed by atoms with Crippen molar-refractivity contribution in [1.82, 2.24) is 14.3 Å². The molecule has 1 saturated heterocycles. The molecule has 1 aliphatic rings. The molecule has 0 atom stereocenters. The van der Waals surface area contributed by atoms with Gasteiger partial charge in [0.05, 0.1) is 16.2 Å². The highest BCUT2D eigenvalue weighted by atomic mass is 32.2. The highest BCUT2D eigenvalue weighted by Gasteiger charge is 2.27. The maximum absolute atomic E-state index is 12.6. The topological polar surface area (TPSA) is 80.2 Å². The number of benzene rings is 2. The standard InChI is InChI=1S/C20H19N3O3S2/c24-19(13-27-20-17-5-1-2-6-18(17)21-14-22-20)15-7-9-16(10-8-15)28(25,26)23-11-3-4-12-23/h1-2,5-10,14H,3-4,11-13H2. The van der Waals surface area contributed by atoms with Crippen LogP contribution in [0.1, 0.15) is 23.2 Å². The molecule has 0 radical (unpaired) electrons. The predicted molar refractivity (Wildman–Crippen MR) is 109 cm³/mol. The van der Waals surface area contributed by atoms with Crippen molar-refractivity contribution in [3.05, 3.63) is 60.4 Å². The molecule has 8 heteroatoms. The zero-order chi connectivity index (χ0) is 19.6. The molecule has 0 bridgehead atoms. The lowest BCUT2D eigenvalue weighted by Crippen LogP contribution is -2.27. The molecule has 0 unspecified atom stereocenters. The molecular weight excluding hydrogens is 394 g/mol. The largest absolute Gasteiger partial charge is 0.293 e. The average Bonchev–Trinajstić information content (AvgIpc) is 3.28. The Balaban J connectivity index is 1.46. The second-order valence-electron chi connectivity index (χ2n) is 6.54. The first-order valence-electron chi connectivity index (χ1n) is 9.02. The molecule has 4 rings (SSSR count). The molecule has 0 spiro atoms. The predicted octanol–water partition coefficient (Wildman–Crippen LogP) is 3.39. The second-order valence-corrected chi connectivity index (χ2v) is 9.45. The fourth-order valence-electron chi connectivity index (χ4n) is 3.20. The van der Waals surface area contributed by atoms with Crippen LogP contribution in [-0.2, 0) is 10.0 Å². The van der Waals surface area contributed by atoms with E-state index in [9.17, 15) is 13.2 Å². The molecule has 144 valence electrons. The minimum absolute atomic E-state index is 0.0715. The summed E-state index contributed by atoms with van der Waals surface area (Å²) in [5.41, 5.74) is 1.33. The van der Waals surface area contributed by atoms with Crippen LogP contribution in [0.4, 0.5) is 0 Å². The van der Waals surface area contributed by atoms with Crippen LogP contribution in [0.2, 0.25) is 0 Å². The Morgan fingerprint density at radius 2 is 1.71 bits per heavy atom. The summed E-state index contributed by atoms with van der Waals surface area (Å²) in [6.45, 7) is 1.12. The second kappa shape index (κ2) is 7.98. The van der Waals surface area contributed by atoms with Gasteiger partial charge in [0, 0.05) is 24.0 Å². The summed E-state index contributed by atoms with van der Waals surface area (Å²) < 4.78 is 26.6. The molecule has 2 aromatic carbocycles. The molecule has 6 nitrogen and oxygen atoms in total. The van der Waals surface area contributed by atoms with Crippen molar-refractivity contribution in [2.24, 2.45) is 0 Å². The normalized spacial score (nSPS) is 15.1. The Kier molecular flexibility index (Phi) is 5.43. The molecule has 0 saturated carbocycles. The number of Topliss-reactive ketones (excluding diaryl/α,β-unsaturated/α-hetero) is 1. The fraction of sp³-hybridized carbons (Fsp3) is 0.250. The van der Waals surface area contributed by atoms with Gasteiger partial charge < -0.3 is 0 Å². The fourth-order valence-corrected chi connectivity index (χ4v) is 5.60. The van der Waals surface area contributed by atoms with Crippen molar-refractivity contribution in [3.8, 4) is 0 Å². The first-order chi connectivity index (χ1) is 13.6. The van der Waals surface area contributed by atoms with Crippen LogP contribution in [0.15, 0.2) is 64.8 Å². The summed E-state index contributed by atoms with van der Waals surface area (Å²) in [6.07, 6.45) is 3.28. The van der Waals surface area contributed by atoms with E-state index in [-0.39, 0.29) is 16.4 Å². The third-order valence-electron chi connectivity index (χ3n) is 4.73. The summed E-state index contributed by atoms with van der Waals surface area (Å²) >= 11 is 1.36. The number of nitrogens with zero attached hydrogens (tertiary/aromatic N) is 3. The van der Waals surface area contributed by atoms with Gasteiger partial charge in [-0.25, -0.2) is 18.4 Å². The SMILES string of the molecule is O=C(CSc1ncnc2ccccc12)c1ccc(S(=O)(=O)N2CCCC2)cc1. The molecule has 0 N–H and O–H groups in total. The molecule has 0 amide bonds. The maximum Gasteiger partial charge on any atom is 0.243 e. The van der Waals surface area contributed by atoms with Crippen molar-refractivity contribution in [3.63, 3.8) is 0 Å². The van der Waals surface area contributed by atoms with E-state index in [4.69, 9.17) is 0 Å². The van der Waals surface area contributed by atoms with Gasteiger partial charge in [-0.1, -0.05) is 42.1 Å². The van der Waals surface area contributed by atoms with Gasteiger partial charge in [0.15, 0.2) is 5.78 Å². The van der Waals surface area contributed by atoms with Gasteiger partial charge in [0.1, 0.15) is 11.4 Å². The minimum Gasteiger partial charge on any atom is -0.293 e. The summed E-state index contributed by atoms with van der Waals surface area (Å²) in [5, 5.41) is 1.67. The van der Waals surface area contributed by atoms with Crippen LogP contribution in [0.5, 0.6) is 0 Å². The number of ketones is 1. The van der Waals surface area contributed by atoms with E-state index in [1.165, 1.54) is 34.5 Å². The van der Waals surface area contributed by atoms with Crippen LogP contribution >= 0.6 is 11.8 Å². The number of hydrogen-bond donors (Lipinski definition) is 0. The number of hydrogen-bond acceptors (Lipinski definition) is 6. The Bertz CT molecular complexity index is 1100. The maximum atomic E-state index is 12.6. The van der Waals surface area contributed by atoms with Crippen LogP contribution in [0.25, 0.3) is 10.9 Å². The van der Waals surface area contributed by atoms with E-state index in [0.29, 0.717) is 18.7 Å². The lowest BCUT2D eigenvalue weighted by molar-refractivity contribution is 0.102. The summed E-state index contributed by atoms with van der Waals surface area (Å²) in [6, 6.07) is 13.9. The van der Waals surface area contributed by atoms with Crippen molar-refractivity contribution >= 4 is 38.5 Å². The smallest absolute Gasteiger partial charge is 0.243 e. The lowest BCUT2D eigenvalue weighted by atomic mass is 10.1. The number of aromatic nitrogens is 2. The van der Waals surface area contributed by atoms with E-state index in [1.807, 2.05) is 24.3 Å². The third kappa shape index (κ3) is 3.80. The van der Waals surface area contributed by atoms with E-state index in [2.05, 4.69) is 9.97 Å². The van der Waals surface area contributed by atoms with Gasteiger partial charge in [-0.05, 0) is 31.0 Å². The summed E-state index contributed by atoms with van der Waals surface area (Å²) in [4.78, 5) is 21.3. The van der Waals surface area contributed by atoms with Gasteiger partial charge in [-0.2, -0.15) is 4.31 Å². The van der Waals surface area contributed by atoms with Crippen LogP contribution in [0, 0.1) is 0 Å². The Morgan fingerprint density at radius 3 is 2.46 bits per heavy atom. The molecule has 0 aliphatic carbocycles. The minimum atomic E-state index is -3.46. The number of para-hydroxylation sites is 1. The van der Waals surface area contributed by atoms with Crippen LogP contribution < -0.4 is 0 Å². The van der Waals surface area contributed by atoms with Crippen molar-refractivity contribution in [2.75, 3.05) is 18.8 Å². The van der Waals surface area contributed by atoms with Gasteiger partial charge >= 0.3 is 0 Å². The van der Waals surface area contributed by atoms with Gasteiger partial charge in [0.2, 0.25) is 10.0 Å². The summed E-state index contributed by atoms with van der Waals surface area (Å²) in [5.74, 6) is 0.150. The van der Waals surface area contributed by atoms with E-state index in [0.717, 1.165) is 28.8 Å². The highest BCUT2D eigenvalue weighted by Crippen LogP contribution is 2.25. The Labute approximate surface area is 168 Å². The number of sulfonamides is 1. The van der Waals surface area contributed by atoms with E-state index < -0.39 is 10.0 Å². The zero-order valence-corrected chi connectivity index (χ0v) is 16.7. The Hall–Kier alpha value is -2.29. The molecule has 1 aromatic heterocycles. The van der Waals surface area contributed by atoms with E-state index >= 15 is 0 Å². The number of rotatable bonds is 6. The molecule has 2 heterocycles. The highest BCUT2D eigenvalue weighted by molar-refractivity contribution is 8.00. The average molecular weight is 414 g/mol. The Morgan fingerprint density at radius 1 is 1.00 bits per heavy atom. The zero-order valence-electron chi connectivity index (χ0n) is 15.1. The lowest BCUT2D eigenvalue weighted by Gasteiger charge is -2.15. The monoisotopic (exact) mass is 413 g/mol. The van der Waals surface area contributed by atoms with Gasteiger partial charge in [-0.3, -0.25) is 4.79 Å². The number of carbonyl (C=O) groups is 1. The van der Waals surface area contributed by atoms with Crippen molar-refractivity contribution < 1.29 is 13.2 Å². The van der Waals surface area contributed by atoms with Gasteiger partial charge in [-0.15, -0.1) is 0 Å². The first kappa shape index (κ1) is 19.0. The molecular formula is C20H19N3O3S2. The molecule has 1 fully saturated rings. The van der Waals surface area contributed by atoms with E-state index in [1.54, 1.807) is 12.1 Å². The molecule has 28 heavy (non-hydrogen) atoms. The quantitative estimate of drug-likeness (QED) is 0.350. The number of thioether (sulfide) groups is 1. The number of carbonyl (C=O) groups excluding carboxylic acids is 1. The van der Waals surface area contributed by atoms with Crippen molar-refractivity contribution in [2.45, 2.75) is 22.8 Å². The van der Waals surface area contributed by atoms with Crippen LogP contribution in [0.3, 0.4) is 0 Å². The number of fused-ring (bicyclic) bond motifs is 1. The van der Waals surface area contributed by atoms with Crippen molar-refractivity contribution in [1.29, 1.82) is 0 Å². The molecule has 1 aliphatic heterocycles. The van der Waals surface area contributed by atoms with Crippen LogP contribution in [-0.4, -0.2) is 47.3 Å².